The van der Waals surface area contributed by atoms with Gasteiger partial charge in [0, 0.05) is 48.0 Å². The molecule has 3 heterocycles. The summed E-state index contributed by atoms with van der Waals surface area (Å²) in [5, 5.41) is 13.0. The largest absolute Gasteiger partial charge is 0.394 e. The lowest BCUT2D eigenvalue weighted by Gasteiger charge is -2.29. The van der Waals surface area contributed by atoms with Crippen molar-refractivity contribution >= 4 is 29.1 Å². The SMILES string of the molecule is NC(=O)c1ccc(NC(=O)C(CC2CCCCO2)n2cc3c(cc2=O)-c2cc(Cl)ccc2CC(CO)OC3)cc1F. The molecular weight excluding hydrogens is 553 g/mol. The van der Waals surface area contributed by atoms with Crippen molar-refractivity contribution in [2.75, 3.05) is 18.5 Å². The predicted octanol–water partition coefficient (Wildman–Crippen LogP) is 3.98. The summed E-state index contributed by atoms with van der Waals surface area (Å²) < 4.78 is 27.6. The number of aliphatic hydroxyl groups is 1. The summed E-state index contributed by atoms with van der Waals surface area (Å²) in [5.74, 6) is -2.34. The number of halogens is 2. The number of anilines is 1. The standard InChI is InChI=1S/C30H31ClFN3O6/c31-19-5-4-17-9-22(15-36)41-16-18-14-35(28(37)13-25(18)24(17)10-19)27(12-21-3-1-2-8-40-21)30(39)34-20-6-7-23(29(33)38)26(32)11-20/h4-7,10-11,13-14,21-22,27,36H,1-3,8-9,12,15-16H2,(H2,33,38)(H,34,39). The van der Waals surface area contributed by atoms with E-state index in [-0.39, 0.29) is 37.0 Å². The minimum Gasteiger partial charge on any atom is -0.394 e. The van der Waals surface area contributed by atoms with Gasteiger partial charge in [-0.05, 0) is 66.3 Å². The van der Waals surface area contributed by atoms with Crippen LogP contribution in [0.1, 0.15) is 53.2 Å². The highest BCUT2D eigenvalue weighted by atomic mass is 35.5. The molecule has 9 nitrogen and oxygen atoms in total. The number of nitrogens with zero attached hydrogens (tertiary/aromatic N) is 1. The smallest absolute Gasteiger partial charge is 0.251 e. The molecule has 1 saturated heterocycles. The van der Waals surface area contributed by atoms with E-state index < -0.39 is 35.3 Å². The molecule has 2 amide bonds. The predicted molar refractivity (Wildman–Crippen MR) is 151 cm³/mol. The topological polar surface area (TPSA) is 133 Å². The summed E-state index contributed by atoms with van der Waals surface area (Å²) in [5.41, 5.74) is 7.51. The molecular formula is C30H31ClFN3O6. The van der Waals surface area contributed by atoms with Crippen LogP contribution < -0.4 is 16.6 Å². The van der Waals surface area contributed by atoms with Crippen LogP contribution in [0.15, 0.2) is 53.5 Å². The van der Waals surface area contributed by atoms with Gasteiger partial charge in [0.2, 0.25) is 5.91 Å². The van der Waals surface area contributed by atoms with Crippen molar-refractivity contribution < 1.29 is 28.6 Å². The normalized spacial score (nSPS) is 19.3. The number of carbonyl (C=O) groups excluding carboxylic acids is 2. The maximum atomic E-state index is 14.4. The van der Waals surface area contributed by atoms with Crippen LogP contribution in [0.4, 0.5) is 10.1 Å². The summed E-state index contributed by atoms with van der Waals surface area (Å²) in [6, 6.07) is 9.44. The van der Waals surface area contributed by atoms with Gasteiger partial charge in [0.15, 0.2) is 0 Å². The van der Waals surface area contributed by atoms with Crippen LogP contribution in [0.2, 0.25) is 5.02 Å². The Bertz CT molecular complexity index is 1520. The number of pyridine rings is 1. The van der Waals surface area contributed by atoms with Crippen molar-refractivity contribution in [3.05, 3.63) is 86.5 Å². The molecule has 0 bridgehead atoms. The van der Waals surface area contributed by atoms with Gasteiger partial charge < -0.3 is 30.2 Å². The second kappa shape index (κ2) is 12.5. The Labute approximate surface area is 241 Å². The molecule has 1 fully saturated rings. The van der Waals surface area contributed by atoms with Crippen LogP contribution in [0.3, 0.4) is 0 Å². The van der Waals surface area contributed by atoms with Gasteiger partial charge in [-0.3, -0.25) is 14.4 Å². The average Bonchev–Trinajstić information content (AvgIpc) is 2.94. The molecule has 5 rings (SSSR count). The zero-order chi connectivity index (χ0) is 29.1. The van der Waals surface area contributed by atoms with Crippen LogP contribution in [0, 0.1) is 5.82 Å². The average molecular weight is 584 g/mol. The van der Waals surface area contributed by atoms with E-state index in [1.54, 1.807) is 18.3 Å². The number of hydrogen-bond acceptors (Lipinski definition) is 6. The zero-order valence-corrected chi connectivity index (χ0v) is 23.0. The number of nitrogens with one attached hydrogen (secondary N) is 1. The first-order chi connectivity index (χ1) is 19.7. The van der Waals surface area contributed by atoms with Gasteiger partial charge in [0.05, 0.1) is 31.0 Å². The third-order valence-electron chi connectivity index (χ3n) is 7.55. The van der Waals surface area contributed by atoms with Crippen molar-refractivity contribution in [3.63, 3.8) is 0 Å². The number of primary amides is 1. The molecule has 3 atom stereocenters. The summed E-state index contributed by atoms with van der Waals surface area (Å²) in [6.07, 6.45) is 4.14. The first-order valence-electron chi connectivity index (χ1n) is 13.5. The highest BCUT2D eigenvalue weighted by Gasteiger charge is 2.29. The van der Waals surface area contributed by atoms with E-state index in [4.69, 9.17) is 26.8 Å². The number of aromatic nitrogens is 1. The zero-order valence-electron chi connectivity index (χ0n) is 22.3. The fourth-order valence-electron chi connectivity index (χ4n) is 5.42. The second-order valence-electron chi connectivity index (χ2n) is 10.4. The molecule has 4 N–H and O–H groups in total. The maximum absolute atomic E-state index is 14.4. The Kier molecular flexibility index (Phi) is 8.84. The van der Waals surface area contributed by atoms with Gasteiger partial charge >= 0.3 is 0 Å². The minimum atomic E-state index is -0.993. The second-order valence-corrected chi connectivity index (χ2v) is 10.8. The van der Waals surface area contributed by atoms with E-state index >= 15 is 0 Å². The van der Waals surface area contributed by atoms with Crippen LogP contribution in [0.5, 0.6) is 0 Å². The lowest BCUT2D eigenvalue weighted by Crippen LogP contribution is -2.37. The molecule has 3 aromatic rings. The van der Waals surface area contributed by atoms with Crippen LogP contribution >= 0.6 is 11.6 Å². The number of benzene rings is 2. The third kappa shape index (κ3) is 6.51. The number of rotatable bonds is 7. The van der Waals surface area contributed by atoms with Gasteiger partial charge in [-0.1, -0.05) is 17.7 Å². The lowest BCUT2D eigenvalue weighted by molar-refractivity contribution is -0.121. The number of ether oxygens (including phenoxy) is 2. The molecule has 0 spiro atoms. The Balaban J connectivity index is 1.54. The van der Waals surface area contributed by atoms with Crippen molar-refractivity contribution in [2.45, 2.75) is 57.0 Å². The number of fused-ring (bicyclic) bond motifs is 3. The first kappa shape index (κ1) is 28.9. The van der Waals surface area contributed by atoms with E-state index in [1.165, 1.54) is 22.8 Å². The molecule has 3 unspecified atom stereocenters. The van der Waals surface area contributed by atoms with E-state index in [9.17, 15) is 23.9 Å². The molecule has 2 aliphatic heterocycles. The Morgan fingerprint density at radius 1 is 1.10 bits per heavy atom. The molecule has 41 heavy (non-hydrogen) atoms. The maximum Gasteiger partial charge on any atom is 0.251 e. The van der Waals surface area contributed by atoms with E-state index in [0.29, 0.717) is 29.2 Å². The van der Waals surface area contributed by atoms with Gasteiger partial charge in [-0.25, -0.2) is 4.39 Å². The van der Waals surface area contributed by atoms with Crippen molar-refractivity contribution in [2.24, 2.45) is 5.73 Å². The quantitative estimate of drug-likeness (QED) is 0.385. The van der Waals surface area contributed by atoms with Crippen molar-refractivity contribution in [1.29, 1.82) is 0 Å². The number of aliphatic hydroxyl groups excluding tert-OH is 1. The number of carbonyl (C=O) groups is 2. The fraction of sp³-hybridized carbons (Fsp3) is 0.367. The molecule has 1 aromatic heterocycles. The monoisotopic (exact) mass is 583 g/mol. The van der Waals surface area contributed by atoms with Gasteiger partial charge in [-0.2, -0.15) is 0 Å². The molecule has 11 heteroatoms. The summed E-state index contributed by atoms with van der Waals surface area (Å²) in [7, 11) is 0. The molecule has 0 aliphatic carbocycles. The Morgan fingerprint density at radius 3 is 2.61 bits per heavy atom. The van der Waals surface area contributed by atoms with Gasteiger partial charge in [-0.15, -0.1) is 0 Å². The molecule has 2 aliphatic rings. The molecule has 0 saturated carbocycles. The molecule has 0 radical (unpaired) electrons. The lowest BCUT2D eigenvalue weighted by atomic mass is 9.92. The van der Waals surface area contributed by atoms with E-state index in [2.05, 4.69) is 5.32 Å². The van der Waals surface area contributed by atoms with E-state index in [1.807, 2.05) is 6.07 Å². The third-order valence-corrected chi connectivity index (χ3v) is 7.79. The van der Waals surface area contributed by atoms with Crippen LogP contribution in [-0.4, -0.2) is 46.9 Å². The fourth-order valence-corrected chi connectivity index (χ4v) is 5.59. The van der Waals surface area contributed by atoms with Crippen LogP contribution in [-0.2, 0) is 27.3 Å². The highest BCUT2D eigenvalue weighted by molar-refractivity contribution is 6.30. The van der Waals surface area contributed by atoms with E-state index in [0.717, 1.165) is 36.5 Å². The molecule has 216 valence electrons. The van der Waals surface area contributed by atoms with Gasteiger partial charge in [0.25, 0.3) is 11.5 Å². The van der Waals surface area contributed by atoms with Crippen molar-refractivity contribution in [3.8, 4) is 11.1 Å². The highest BCUT2D eigenvalue weighted by Crippen LogP contribution is 2.34. The Morgan fingerprint density at radius 2 is 1.90 bits per heavy atom. The summed E-state index contributed by atoms with van der Waals surface area (Å²) >= 11 is 6.31. The number of nitrogens with two attached hydrogens (primary N) is 1. The number of hydrogen-bond donors (Lipinski definition) is 3. The number of amides is 2. The first-order valence-corrected chi connectivity index (χ1v) is 13.9. The summed E-state index contributed by atoms with van der Waals surface area (Å²) in [4.78, 5) is 38.7. The minimum absolute atomic E-state index is 0.0981. The van der Waals surface area contributed by atoms with Crippen LogP contribution in [0.25, 0.3) is 11.1 Å². The van der Waals surface area contributed by atoms with Crippen molar-refractivity contribution in [1.82, 2.24) is 4.57 Å². The molecule has 2 aromatic carbocycles. The Hall–Kier alpha value is -3.57. The van der Waals surface area contributed by atoms with Gasteiger partial charge in [0.1, 0.15) is 11.9 Å². The summed E-state index contributed by atoms with van der Waals surface area (Å²) in [6.45, 7) is 0.471.